The summed E-state index contributed by atoms with van der Waals surface area (Å²) >= 11 is 0. The minimum atomic E-state index is -0.857. The zero-order valence-corrected chi connectivity index (χ0v) is 10.2. The number of rotatable bonds is 5. The molecule has 0 bridgehead atoms. The SMILES string of the molecule is CCCN(CC)c1cc(C)ccc1C(=O)O. The summed E-state index contributed by atoms with van der Waals surface area (Å²) in [5.74, 6) is -0.857. The largest absolute Gasteiger partial charge is 0.478 e. The van der Waals surface area contributed by atoms with Crippen LogP contribution in [0.25, 0.3) is 0 Å². The molecule has 1 aromatic carbocycles. The van der Waals surface area contributed by atoms with Crippen LogP contribution in [0.5, 0.6) is 0 Å². The first-order valence-electron chi connectivity index (χ1n) is 5.69. The van der Waals surface area contributed by atoms with E-state index in [1.165, 1.54) is 0 Å². The zero-order chi connectivity index (χ0) is 12.1. The summed E-state index contributed by atoms with van der Waals surface area (Å²) in [6.07, 6.45) is 1.01. The molecule has 3 nitrogen and oxygen atoms in total. The van der Waals surface area contributed by atoms with Crippen LogP contribution in [0, 0.1) is 6.92 Å². The number of nitrogens with zero attached hydrogens (tertiary/aromatic N) is 1. The number of aryl methyl sites for hydroxylation is 1. The predicted octanol–water partition coefficient (Wildman–Crippen LogP) is 2.93. The molecule has 0 heterocycles. The highest BCUT2D eigenvalue weighted by Crippen LogP contribution is 2.22. The minimum absolute atomic E-state index is 0.390. The molecule has 0 aliphatic rings. The quantitative estimate of drug-likeness (QED) is 0.831. The maximum absolute atomic E-state index is 11.1. The van der Waals surface area contributed by atoms with Crippen LogP contribution < -0.4 is 4.90 Å². The van der Waals surface area contributed by atoms with E-state index in [-0.39, 0.29) is 0 Å². The number of carboxylic acids is 1. The standard InChI is InChI=1S/C13H19NO2/c1-4-8-14(5-2)12-9-10(3)6-7-11(12)13(15)16/h6-7,9H,4-5,8H2,1-3H3,(H,15,16). The fourth-order valence-corrected chi connectivity index (χ4v) is 1.80. The third-order valence-electron chi connectivity index (χ3n) is 2.60. The van der Waals surface area contributed by atoms with E-state index in [1.54, 1.807) is 6.07 Å². The van der Waals surface area contributed by atoms with Crippen molar-refractivity contribution in [3.8, 4) is 0 Å². The van der Waals surface area contributed by atoms with E-state index in [2.05, 4.69) is 11.8 Å². The Kier molecular flexibility index (Phi) is 4.35. The maximum atomic E-state index is 11.1. The van der Waals surface area contributed by atoms with Gasteiger partial charge in [-0.1, -0.05) is 13.0 Å². The molecule has 0 aliphatic carbocycles. The van der Waals surface area contributed by atoms with E-state index in [9.17, 15) is 4.79 Å². The number of benzene rings is 1. The first kappa shape index (κ1) is 12.6. The van der Waals surface area contributed by atoms with Gasteiger partial charge in [-0.15, -0.1) is 0 Å². The zero-order valence-electron chi connectivity index (χ0n) is 10.2. The van der Waals surface area contributed by atoms with Gasteiger partial charge in [-0.2, -0.15) is 0 Å². The smallest absolute Gasteiger partial charge is 0.337 e. The molecular weight excluding hydrogens is 202 g/mol. The first-order chi connectivity index (χ1) is 7.60. The number of hydrogen-bond acceptors (Lipinski definition) is 2. The van der Waals surface area contributed by atoms with E-state index in [4.69, 9.17) is 5.11 Å². The van der Waals surface area contributed by atoms with Crippen LogP contribution in [0.3, 0.4) is 0 Å². The Labute approximate surface area is 96.7 Å². The fraction of sp³-hybridized carbons (Fsp3) is 0.462. The second kappa shape index (κ2) is 5.54. The van der Waals surface area contributed by atoms with Gasteiger partial charge in [-0.05, 0) is 38.0 Å². The Morgan fingerprint density at radius 2 is 2.06 bits per heavy atom. The third kappa shape index (κ3) is 2.75. The lowest BCUT2D eigenvalue weighted by Gasteiger charge is -2.24. The van der Waals surface area contributed by atoms with Crippen molar-refractivity contribution >= 4 is 11.7 Å². The van der Waals surface area contributed by atoms with Gasteiger partial charge in [0.25, 0.3) is 0 Å². The van der Waals surface area contributed by atoms with Crippen LogP contribution in [0.1, 0.15) is 36.2 Å². The molecule has 0 amide bonds. The Morgan fingerprint density at radius 3 is 2.56 bits per heavy atom. The summed E-state index contributed by atoms with van der Waals surface area (Å²) in [6, 6.07) is 5.47. The van der Waals surface area contributed by atoms with Crippen LogP contribution in [0.15, 0.2) is 18.2 Å². The number of aromatic carboxylic acids is 1. The van der Waals surface area contributed by atoms with E-state index in [0.717, 1.165) is 30.8 Å². The molecule has 1 rings (SSSR count). The molecule has 0 aromatic heterocycles. The van der Waals surface area contributed by atoms with Crippen LogP contribution >= 0.6 is 0 Å². The summed E-state index contributed by atoms with van der Waals surface area (Å²) in [6.45, 7) is 7.84. The fourth-order valence-electron chi connectivity index (χ4n) is 1.80. The molecule has 0 unspecified atom stereocenters. The van der Waals surface area contributed by atoms with Gasteiger partial charge < -0.3 is 10.0 Å². The van der Waals surface area contributed by atoms with Gasteiger partial charge in [0, 0.05) is 13.1 Å². The number of carboxylic acid groups (broad SMARTS) is 1. The summed E-state index contributed by atoms with van der Waals surface area (Å²) < 4.78 is 0. The van der Waals surface area contributed by atoms with Gasteiger partial charge in [0.15, 0.2) is 0 Å². The van der Waals surface area contributed by atoms with Crippen molar-refractivity contribution < 1.29 is 9.90 Å². The normalized spacial score (nSPS) is 10.2. The summed E-state index contributed by atoms with van der Waals surface area (Å²) in [5, 5.41) is 9.14. The van der Waals surface area contributed by atoms with E-state index < -0.39 is 5.97 Å². The highest BCUT2D eigenvalue weighted by molar-refractivity contribution is 5.94. The predicted molar refractivity (Wildman–Crippen MR) is 66.3 cm³/mol. The van der Waals surface area contributed by atoms with Gasteiger partial charge in [-0.3, -0.25) is 0 Å². The average molecular weight is 221 g/mol. The van der Waals surface area contributed by atoms with Gasteiger partial charge >= 0.3 is 5.97 Å². The van der Waals surface area contributed by atoms with Crippen molar-refractivity contribution in [2.45, 2.75) is 27.2 Å². The second-order valence-corrected chi connectivity index (χ2v) is 3.91. The molecule has 0 saturated heterocycles. The monoisotopic (exact) mass is 221 g/mol. The number of anilines is 1. The van der Waals surface area contributed by atoms with Gasteiger partial charge in [0.05, 0.1) is 11.3 Å². The summed E-state index contributed by atoms with van der Waals surface area (Å²) in [7, 11) is 0. The van der Waals surface area contributed by atoms with E-state index in [1.807, 2.05) is 26.0 Å². The molecule has 3 heteroatoms. The summed E-state index contributed by atoms with van der Waals surface area (Å²) in [5.41, 5.74) is 2.31. The molecule has 1 N–H and O–H groups in total. The maximum Gasteiger partial charge on any atom is 0.337 e. The minimum Gasteiger partial charge on any atom is -0.478 e. The topological polar surface area (TPSA) is 40.5 Å². The van der Waals surface area contributed by atoms with E-state index in [0.29, 0.717) is 5.56 Å². The lowest BCUT2D eigenvalue weighted by molar-refractivity contribution is 0.0697. The second-order valence-electron chi connectivity index (χ2n) is 3.91. The highest BCUT2D eigenvalue weighted by atomic mass is 16.4. The van der Waals surface area contributed by atoms with Gasteiger partial charge in [-0.25, -0.2) is 4.79 Å². The highest BCUT2D eigenvalue weighted by Gasteiger charge is 2.14. The lowest BCUT2D eigenvalue weighted by atomic mass is 10.1. The van der Waals surface area contributed by atoms with Crippen molar-refractivity contribution in [2.75, 3.05) is 18.0 Å². The molecule has 0 saturated carbocycles. The molecule has 88 valence electrons. The Morgan fingerprint density at radius 1 is 1.38 bits per heavy atom. The van der Waals surface area contributed by atoms with Crippen molar-refractivity contribution in [2.24, 2.45) is 0 Å². The van der Waals surface area contributed by atoms with Crippen LogP contribution in [0.4, 0.5) is 5.69 Å². The molecule has 0 fully saturated rings. The molecule has 0 radical (unpaired) electrons. The van der Waals surface area contributed by atoms with Crippen LogP contribution in [-0.2, 0) is 0 Å². The van der Waals surface area contributed by atoms with Gasteiger partial charge in [0.1, 0.15) is 0 Å². The molecular formula is C13H19NO2. The van der Waals surface area contributed by atoms with Gasteiger partial charge in [0.2, 0.25) is 0 Å². The molecule has 0 atom stereocenters. The molecule has 0 spiro atoms. The Balaban J connectivity index is 3.16. The van der Waals surface area contributed by atoms with Crippen molar-refractivity contribution in [1.82, 2.24) is 0 Å². The molecule has 1 aromatic rings. The summed E-state index contributed by atoms with van der Waals surface area (Å²) in [4.78, 5) is 13.2. The first-order valence-corrected chi connectivity index (χ1v) is 5.69. The van der Waals surface area contributed by atoms with Crippen molar-refractivity contribution in [3.05, 3.63) is 29.3 Å². The lowest BCUT2D eigenvalue weighted by Crippen LogP contribution is -2.25. The van der Waals surface area contributed by atoms with Crippen LogP contribution in [0.2, 0.25) is 0 Å². The van der Waals surface area contributed by atoms with Crippen LogP contribution in [-0.4, -0.2) is 24.2 Å². The Bertz CT molecular complexity index is 374. The third-order valence-corrected chi connectivity index (χ3v) is 2.60. The number of carbonyl (C=O) groups is 1. The number of hydrogen-bond donors (Lipinski definition) is 1. The molecule has 16 heavy (non-hydrogen) atoms. The average Bonchev–Trinajstić information content (AvgIpc) is 2.25. The van der Waals surface area contributed by atoms with Crippen molar-refractivity contribution in [3.63, 3.8) is 0 Å². The van der Waals surface area contributed by atoms with Crippen molar-refractivity contribution in [1.29, 1.82) is 0 Å². The molecule has 0 aliphatic heterocycles. The Hall–Kier alpha value is -1.51. The van der Waals surface area contributed by atoms with E-state index >= 15 is 0 Å².